The van der Waals surface area contributed by atoms with E-state index in [1.54, 1.807) is 0 Å². The maximum absolute atomic E-state index is 10.3. The number of hydrogen-bond donors (Lipinski definition) is 1. The van der Waals surface area contributed by atoms with Gasteiger partial charge in [0, 0.05) is 12.8 Å². The van der Waals surface area contributed by atoms with Gasteiger partial charge in [-0.1, -0.05) is 13.8 Å². The van der Waals surface area contributed by atoms with Crippen LogP contribution in [-0.4, -0.2) is 17.4 Å². The van der Waals surface area contributed by atoms with Crippen LogP contribution < -0.4 is 0 Å². The lowest BCUT2D eigenvalue weighted by Crippen LogP contribution is -2.14. The number of aldehydes is 1. The largest absolute Gasteiger partial charge is 0.481 e. The Morgan fingerprint density at radius 2 is 2.09 bits per heavy atom. The van der Waals surface area contributed by atoms with Gasteiger partial charge in [-0.15, -0.1) is 0 Å². The first kappa shape index (κ1) is 10.1. The maximum Gasteiger partial charge on any atom is 0.303 e. The summed E-state index contributed by atoms with van der Waals surface area (Å²) in [6, 6.07) is 0. The molecule has 0 rings (SSSR count). The first-order valence-corrected chi connectivity index (χ1v) is 3.73. The number of carbonyl (C=O) groups excluding carboxylic acids is 1. The normalized spacial score (nSPS) is 13.0. The van der Waals surface area contributed by atoms with Crippen molar-refractivity contribution in [1.82, 2.24) is 0 Å². The molecule has 0 fully saturated rings. The molecule has 0 radical (unpaired) electrons. The van der Waals surface area contributed by atoms with E-state index in [0.29, 0.717) is 6.42 Å². The Labute approximate surface area is 66.4 Å². The summed E-state index contributed by atoms with van der Waals surface area (Å²) in [5.74, 6) is -0.577. The zero-order valence-corrected chi connectivity index (χ0v) is 6.91. The van der Waals surface area contributed by atoms with E-state index in [1.807, 2.05) is 13.8 Å². The number of carboxylic acid groups (broad SMARTS) is 1. The predicted molar refractivity (Wildman–Crippen MR) is 41.3 cm³/mol. The molecule has 0 saturated carbocycles. The first-order valence-electron chi connectivity index (χ1n) is 3.73. The topological polar surface area (TPSA) is 54.4 Å². The Balaban J connectivity index is 3.88. The van der Waals surface area contributed by atoms with Crippen molar-refractivity contribution in [3.8, 4) is 0 Å². The summed E-state index contributed by atoms with van der Waals surface area (Å²) in [5, 5.41) is 8.44. The maximum atomic E-state index is 10.3. The summed E-state index contributed by atoms with van der Waals surface area (Å²) in [7, 11) is 0. The Morgan fingerprint density at radius 1 is 1.55 bits per heavy atom. The smallest absolute Gasteiger partial charge is 0.303 e. The molecule has 0 aliphatic rings. The highest BCUT2D eigenvalue weighted by Crippen LogP contribution is 2.17. The number of carboxylic acids is 1. The zero-order chi connectivity index (χ0) is 8.85. The van der Waals surface area contributed by atoms with Crippen LogP contribution in [0.3, 0.4) is 0 Å². The average molecular weight is 158 g/mol. The minimum atomic E-state index is -0.828. The molecule has 0 amide bonds. The van der Waals surface area contributed by atoms with Crippen molar-refractivity contribution >= 4 is 12.3 Å². The second-order valence-electron chi connectivity index (χ2n) is 3.00. The van der Waals surface area contributed by atoms with Crippen LogP contribution in [0.4, 0.5) is 0 Å². The fourth-order valence-electron chi connectivity index (χ4n) is 0.939. The highest BCUT2D eigenvalue weighted by molar-refractivity contribution is 5.67. The molecule has 11 heavy (non-hydrogen) atoms. The highest BCUT2D eigenvalue weighted by Gasteiger charge is 2.15. The second kappa shape index (κ2) is 4.88. The molecule has 0 aromatic carbocycles. The van der Waals surface area contributed by atoms with Crippen LogP contribution in [-0.2, 0) is 9.59 Å². The minimum Gasteiger partial charge on any atom is -0.481 e. The lowest BCUT2D eigenvalue weighted by molar-refractivity contribution is -0.138. The number of rotatable bonds is 5. The molecule has 0 bridgehead atoms. The van der Waals surface area contributed by atoms with E-state index in [9.17, 15) is 9.59 Å². The van der Waals surface area contributed by atoms with Crippen LogP contribution >= 0.6 is 0 Å². The van der Waals surface area contributed by atoms with Gasteiger partial charge in [-0.3, -0.25) is 4.79 Å². The van der Waals surface area contributed by atoms with Gasteiger partial charge >= 0.3 is 5.97 Å². The van der Waals surface area contributed by atoms with Crippen LogP contribution in [0.25, 0.3) is 0 Å². The lowest BCUT2D eigenvalue weighted by Gasteiger charge is -2.14. The third-order valence-electron chi connectivity index (χ3n) is 1.78. The highest BCUT2D eigenvalue weighted by atomic mass is 16.4. The molecule has 0 heterocycles. The average Bonchev–Trinajstić information content (AvgIpc) is 1.86. The van der Waals surface area contributed by atoms with E-state index in [-0.39, 0.29) is 18.3 Å². The van der Waals surface area contributed by atoms with Crippen LogP contribution in [0.15, 0.2) is 0 Å². The molecule has 1 atom stereocenters. The molecule has 0 saturated heterocycles. The molecule has 0 unspecified atom stereocenters. The monoisotopic (exact) mass is 158 g/mol. The van der Waals surface area contributed by atoms with Gasteiger partial charge < -0.3 is 9.90 Å². The number of hydrogen-bond acceptors (Lipinski definition) is 2. The van der Waals surface area contributed by atoms with Gasteiger partial charge in [-0.05, 0) is 11.8 Å². The summed E-state index contributed by atoms with van der Waals surface area (Å²) >= 11 is 0. The lowest BCUT2D eigenvalue weighted by atomic mass is 9.90. The Morgan fingerprint density at radius 3 is 2.36 bits per heavy atom. The molecule has 0 aromatic rings. The van der Waals surface area contributed by atoms with Gasteiger partial charge in [0.15, 0.2) is 0 Å². The quantitative estimate of drug-likeness (QED) is 0.614. The Bertz CT molecular complexity index is 140. The van der Waals surface area contributed by atoms with Crippen molar-refractivity contribution in [1.29, 1.82) is 0 Å². The molecule has 1 N–H and O–H groups in total. The van der Waals surface area contributed by atoms with Crippen molar-refractivity contribution in [3.05, 3.63) is 0 Å². The zero-order valence-electron chi connectivity index (χ0n) is 6.91. The van der Waals surface area contributed by atoms with Gasteiger partial charge in [0.05, 0.1) is 0 Å². The minimum absolute atomic E-state index is 0.00926. The van der Waals surface area contributed by atoms with Crippen molar-refractivity contribution in [2.24, 2.45) is 11.8 Å². The van der Waals surface area contributed by atoms with E-state index in [1.165, 1.54) is 0 Å². The van der Waals surface area contributed by atoms with Crippen molar-refractivity contribution < 1.29 is 14.7 Å². The molecular formula is C8H14O3. The molecule has 0 aromatic heterocycles. The van der Waals surface area contributed by atoms with Crippen LogP contribution in [0.2, 0.25) is 0 Å². The van der Waals surface area contributed by atoms with Gasteiger partial charge in [0.25, 0.3) is 0 Å². The number of aliphatic carboxylic acids is 1. The van der Waals surface area contributed by atoms with E-state index < -0.39 is 5.97 Å². The van der Waals surface area contributed by atoms with Crippen molar-refractivity contribution in [2.75, 3.05) is 0 Å². The number of carbonyl (C=O) groups is 2. The van der Waals surface area contributed by atoms with E-state index in [4.69, 9.17) is 5.11 Å². The summed E-state index contributed by atoms with van der Waals surface area (Å²) in [6.07, 6.45) is 1.23. The first-order chi connectivity index (χ1) is 5.07. The van der Waals surface area contributed by atoms with Gasteiger partial charge in [-0.25, -0.2) is 0 Å². The second-order valence-corrected chi connectivity index (χ2v) is 3.00. The molecule has 0 aliphatic heterocycles. The van der Waals surface area contributed by atoms with Crippen molar-refractivity contribution in [3.63, 3.8) is 0 Å². The molecule has 0 spiro atoms. The SMILES string of the molecule is CC(C)[C@H](CC=O)CC(=O)O. The summed E-state index contributed by atoms with van der Waals surface area (Å²) < 4.78 is 0. The van der Waals surface area contributed by atoms with Crippen molar-refractivity contribution in [2.45, 2.75) is 26.7 Å². The van der Waals surface area contributed by atoms with E-state index in [0.717, 1.165) is 6.29 Å². The Kier molecular flexibility index (Phi) is 4.50. The summed E-state index contributed by atoms with van der Waals surface area (Å²) in [5.41, 5.74) is 0. The molecule has 3 nitrogen and oxygen atoms in total. The third kappa shape index (κ3) is 4.53. The van der Waals surface area contributed by atoms with Crippen LogP contribution in [0.5, 0.6) is 0 Å². The van der Waals surface area contributed by atoms with Gasteiger partial charge in [0.1, 0.15) is 6.29 Å². The van der Waals surface area contributed by atoms with Crippen LogP contribution in [0.1, 0.15) is 26.7 Å². The summed E-state index contributed by atoms with van der Waals surface area (Å²) in [4.78, 5) is 20.4. The third-order valence-corrected chi connectivity index (χ3v) is 1.78. The predicted octanol–water partition coefficient (Wildman–Crippen LogP) is 1.32. The Hall–Kier alpha value is -0.860. The standard InChI is InChI=1S/C8H14O3/c1-6(2)7(3-4-9)5-8(10)11/h4,6-7H,3,5H2,1-2H3,(H,10,11)/t7-/m1/s1. The molecule has 3 heteroatoms. The summed E-state index contributed by atoms with van der Waals surface area (Å²) in [6.45, 7) is 3.86. The van der Waals surface area contributed by atoms with Gasteiger partial charge in [0.2, 0.25) is 0 Å². The van der Waals surface area contributed by atoms with E-state index in [2.05, 4.69) is 0 Å². The fraction of sp³-hybridized carbons (Fsp3) is 0.750. The molecule has 64 valence electrons. The van der Waals surface area contributed by atoms with Crippen LogP contribution in [0, 0.1) is 11.8 Å². The van der Waals surface area contributed by atoms with Gasteiger partial charge in [-0.2, -0.15) is 0 Å². The molecule has 0 aliphatic carbocycles. The fourth-order valence-corrected chi connectivity index (χ4v) is 0.939. The van der Waals surface area contributed by atoms with E-state index >= 15 is 0 Å². The molecular weight excluding hydrogens is 144 g/mol.